The molecule has 1 unspecified atom stereocenters. The van der Waals surface area contributed by atoms with E-state index in [2.05, 4.69) is 16.0 Å². The van der Waals surface area contributed by atoms with Crippen molar-refractivity contribution in [3.63, 3.8) is 0 Å². The number of hydrogen-bond acceptors (Lipinski definition) is 7. The van der Waals surface area contributed by atoms with Gasteiger partial charge in [0, 0.05) is 57.1 Å². The zero-order valence-electron chi connectivity index (χ0n) is 19.3. The molecule has 3 saturated heterocycles. The summed E-state index contributed by atoms with van der Waals surface area (Å²) in [7, 11) is 0. The van der Waals surface area contributed by atoms with E-state index in [9.17, 15) is 32.7 Å². The Morgan fingerprint density at radius 1 is 1.14 bits per heavy atom. The lowest BCUT2D eigenvalue weighted by Crippen LogP contribution is -2.51. The number of imide groups is 1. The molecule has 1 aromatic rings. The Bertz CT molecular complexity index is 972. The summed E-state index contributed by atoms with van der Waals surface area (Å²) in [5.41, 5.74) is -1.98. The number of benzene rings is 1. The van der Waals surface area contributed by atoms with Crippen LogP contribution < -0.4 is 20.9 Å². The van der Waals surface area contributed by atoms with Gasteiger partial charge in [0.15, 0.2) is 0 Å². The van der Waals surface area contributed by atoms with Crippen molar-refractivity contribution in [2.45, 2.75) is 49.9 Å². The van der Waals surface area contributed by atoms with Gasteiger partial charge < -0.3 is 25.5 Å². The van der Waals surface area contributed by atoms with Crippen molar-refractivity contribution in [3.05, 3.63) is 23.8 Å². The van der Waals surface area contributed by atoms with Crippen LogP contribution >= 0.6 is 0 Å². The Kier molecular flexibility index (Phi) is 7.22. The first kappa shape index (κ1) is 25.2. The number of nitrogens with zero attached hydrogens (tertiary/aromatic N) is 2. The van der Waals surface area contributed by atoms with Crippen molar-refractivity contribution >= 4 is 29.1 Å². The van der Waals surface area contributed by atoms with E-state index in [1.54, 1.807) is 9.80 Å². The molecule has 0 bridgehead atoms. The van der Waals surface area contributed by atoms with Crippen LogP contribution in [-0.4, -0.2) is 78.6 Å². The fourth-order valence-electron chi connectivity index (χ4n) is 4.81. The van der Waals surface area contributed by atoms with Crippen LogP contribution in [0.2, 0.25) is 0 Å². The summed E-state index contributed by atoms with van der Waals surface area (Å²) in [6.45, 7) is 2.91. The number of nitrogens with one attached hydrogen (secondary N) is 3. The number of rotatable bonds is 5. The molecule has 1 atom stereocenters. The van der Waals surface area contributed by atoms with Gasteiger partial charge in [-0.1, -0.05) is 0 Å². The first-order valence-corrected chi connectivity index (χ1v) is 11.8. The smallest absolute Gasteiger partial charge is 0.389 e. The molecule has 12 heteroatoms. The number of amides is 3. The predicted molar refractivity (Wildman–Crippen MR) is 122 cm³/mol. The lowest BCUT2D eigenvalue weighted by atomic mass is 9.87. The van der Waals surface area contributed by atoms with Crippen molar-refractivity contribution in [3.8, 4) is 0 Å². The summed E-state index contributed by atoms with van der Waals surface area (Å²) in [4.78, 5) is 39.1. The molecule has 3 fully saturated rings. The van der Waals surface area contributed by atoms with Gasteiger partial charge in [-0.2, -0.15) is 13.2 Å². The van der Waals surface area contributed by atoms with Crippen LogP contribution in [-0.2, 0) is 20.6 Å². The van der Waals surface area contributed by atoms with E-state index in [0.717, 1.165) is 6.07 Å². The number of aliphatic hydroxyl groups is 1. The second-order valence-corrected chi connectivity index (χ2v) is 9.40. The highest BCUT2D eigenvalue weighted by Crippen LogP contribution is 2.40. The Hall–Kier alpha value is -2.86. The average Bonchev–Trinajstić information content (AvgIpc) is 2.81. The van der Waals surface area contributed by atoms with E-state index in [1.807, 2.05) is 0 Å². The van der Waals surface area contributed by atoms with Crippen molar-refractivity contribution in [1.29, 1.82) is 0 Å². The van der Waals surface area contributed by atoms with Crippen molar-refractivity contribution in [1.82, 2.24) is 15.5 Å². The lowest BCUT2D eigenvalue weighted by Gasteiger charge is -2.41. The van der Waals surface area contributed by atoms with Crippen LogP contribution in [0.4, 0.5) is 24.5 Å². The third-order valence-corrected chi connectivity index (χ3v) is 6.87. The highest BCUT2D eigenvalue weighted by molar-refractivity contribution is 6.01. The standard InChI is InChI=1S/C23H30F3N5O4/c24-23(25,26)16-13-15(28-17-2-4-19(32)29-21(17)34)1-3-18(16)30-9-5-22(35,6-10-30)14-20(33)31-11-7-27-8-12-31/h1,3,13,17,27-28,35H,2,4-12,14H2,(H,29,32,34). The molecular formula is C23H30F3N5O4. The number of piperidine rings is 2. The minimum Gasteiger partial charge on any atom is -0.389 e. The molecule has 0 aromatic heterocycles. The van der Waals surface area contributed by atoms with Gasteiger partial charge in [0.05, 0.1) is 17.6 Å². The summed E-state index contributed by atoms with van der Waals surface area (Å²) < 4.78 is 41.8. The Morgan fingerprint density at radius 3 is 2.46 bits per heavy atom. The maximum absolute atomic E-state index is 13.9. The van der Waals surface area contributed by atoms with Crippen molar-refractivity contribution in [2.75, 3.05) is 49.5 Å². The van der Waals surface area contributed by atoms with Gasteiger partial charge in [-0.25, -0.2) is 0 Å². The number of alkyl halides is 3. The van der Waals surface area contributed by atoms with E-state index in [4.69, 9.17) is 0 Å². The molecule has 3 amide bonds. The molecule has 35 heavy (non-hydrogen) atoms. The summed E-state index contributed by atoms with van der Waals surface area (Å²) in [5.74, 6) is -1.11. The van der Waals surface area contributed by atoms with Crippen LogP contribution in [0.15, 0.2) is 18.2 Å². The molecule has 0 saturated carbocycles. The molecular weight excluding hydrogens is 467 g/mol. The SMILES string of the molecule is O=C1CCC(Nc2ccc(N3CCC(O)(CC(=O)N4CCNCC4)CC3)c(C(F)(F)F)c2)C(=O)N1. The zero-order valence-corrected chi connectivity index (χ0v) is 19.3. The van der Waals surface area contributed by atoms with E-state index < -0.39 is 35.2 Å². The van der Waals surface area contributed by atoms with Gasteiger partial charge in [-0.05, 0) is 37.5 Å². The quantitative estimate of drug-likeness (QED) is 0.450. The number of anilines is 2. The van der Waals surface area contributed by atoms with Crippen molar-refractivity contribution < 1.29 is 32.7 Å². The third kappa shape index (κ3) is 6.04. The Balaban J connectivity index is 1.43. The van der Waals surface area contributed by atoms with Gasteiger partial charge in [0.2, 0.25) is 17.7 Å². The van der Waals surface area contributed by atoms with E-state index >= 15 is 0 Å². The topological polar surface area (TPSA) is 114 Å². The maximum Gasteiger partial charge on any atom is 0.418 e. The van der Waals surface area contributed by atoms with Crippen LogP contribution in [0, 0.1) is 0 Å². The second-order valence-electron chi connectivity index (χ2n) is 9.40. The maximum atomic E-state index is 13.9. The Labute approximate surface area is 201 Å². The first-order chi connectivity index (χ1) is 16.5. The molecule has 3 aliphatic rings. The molecule has 1 aromatic carbocycles. The molecule has 0 spiro atoms. The lowest BCUT2D eigenvalue weighted by molar-refractivity contribution is -0.138. The Morgan fingerprint density at radius 2 is 1.83 bits per heavy atom. The second kappa shape index (κ2) is 10.0. The molecule has 192 valence electrons. The van der Waals surface area contributed by atoms with E-state index in [0.29, 0.717) is 26.2 Å². The van der Waals surface area contributed by atoms with Gasteiger partial charge in [-0.3, -0.25) is 19.7 Å². The highest BCUT2D eigenvalue weighted by Gasteiger charge is 2.40. The largest absolute Gasteiger partial charge is 0.418 e. The third-order valence-electron chi connectivity index (χ3n) is 6.87. The molecule has 3 heterocycles. The molecule has 4 rings (SSSR count). The van der Waals surface area contributed by atoms with Crippen LogP contribution in [0.3, 0.4) is 0 Å². The van der Waals surface area contributed by atoms with Crippen molar-refractivity contribution in [2.24, 2.45) is 0 Å². The number of halogens is 3. The number of carbonyl (C=O) groups excluding carboxylic acids is 3. The average molecular weight is 498 g/mol. The number of piperazine rings is 1. The molecule has 0 radical (unpaired) electrons. The summed E-state index contributed by atoms with van der Waals surface area (Å²) in [6.07, 6.45) is -4.00. The highest BCUT2D eigenvalue weighted by atomic mass is 19.4. The van der Waals surface area contributed by atoms with Crippen LogP contribution in [0.1, 0.15) is 37.7 Å². The fourth-order valence-corrected chi connectivity index (χ4v) is 4.81. The summed E-state index contributed by atoms with van der Waals surface area (Å²) in [5, 5.41) is 19.1. The van der Waals surface area contributed by atoms with Crippen LogP contribution in [0.25, 0.3) is 0 Å². The van der Waals surface area contributed by atoms with Gasteiger partial charge in [-0.15, -0.1) is 0 Å². The summed E-state index contributed by atoms with van der Waals surface area (Å²) >= 11 is 0. The number of hydrogen-bond donors (Lipinski definition) is 4. The van der Waals surface area contributed by atoms with Gasteiger partial charge in [0.25, 0.3) is 0 Å². The predicted octanol–water partition coefficient (Wildman–Crippen LogP) is 1.08. The minimum atomic E-state index is -4.64. The molecule has 4 N–H and O–H groups in total. The molecule has 0 aliphatic carbocycles. The van der Waals surface area contributed by atoms with Gasteiger partial charge in [0.1, 0.15) is 6.04 Å². The first-order valence-electron chi connectivity index (χ1n) is 11.8. The van der Waals surface area contributed by atoms with Gasteiger partial charge >= 0.3 is 6.18 Å². The molecule has 9 nitrogen and oxygen atoms in total. The summed E-state index contributed by atoms with van der Waals surface area (Å²) in [6, 6.07) is 3.00. The zero-order chi connectivity index (χ0) is 25.2. The number of carbonyl (C=O) groups is 3. The molecule has 3 aliphatic heterocycles. The van der Waals surface area contributed by atoms with E-state index in [1.165, 1.54) is 12.1 Å². The minimum absolute atomic E-state index is 0.0122. The van der Waals surface area contributed by atoms with Crippen LogP contribution in [0.5, 0.6) is 0 Å². The monoisotopic (exact) mass is 497 g/mol. The normalized spacial score (nSPS) is 23.1. The fraction of sp³-hybridized carbons (Fsp3) is 0.609. The van der Waals surface area contributed by atoms with E-state index in [-0.39, 0.29) is 62.5 Å².